The van der Waals surface area contributed by atoms with Crippen molar-refractivity contribution in [3.8, 4) is 11.1 Å². The van der Waals surface area contributed by atoms with E-state index in [1.165, 1.54) is 0 Å². The van der Waals surface area contributed by atoms with E-state index in [0.717, 1.165) is 47.0 Å². The highest BCUT2D eigenvalue weighted by Gasteiger charge is 2.24. The second-order valence-corrected chi connectivity index (χ2v) is 7.88. The Morgan fingerprint density at radius 1 is 1.32 bits per heavy atom. The number of hydrogen-bond donors (Lipinski definition) is 2. The molecule has 0 bridgehead atoms. The van der Waals surface area contributed by atoms with Crippen LogP contribution in [-0.4, -0.2) is 42.0 Å². The highest BCUT2D eigenvalue weighted by atomic mass is 35.5. The summed E-state index contributed by atoms with van der Waals surface area (Å²) in [6, 6.07) is 11.9. The summed E-state index contributed by atoms with van der Waals surface area (Å²) in [7, 11) is 2.05. The van der Waals surface area contributed by atoms with Crippen molar-refractivity contribution in [1.29, 1.82) is 0 Å². The SMILES string of the molecule is Cc1cccc(Cl)c1-c1ccc2c(C(=O)N[C@@H]3CCN(C)C3)c(N)ncc2c1. The maximum absolute atomic E-state index is 12.9. The van der Waals surface area contributed by atoms with Crippen molar-refractivity contribution in [2.75, 3.05) is 25.9 Å². The lowest BCUT2D eigenvalue weighted by Crippen LogP contribution is -2.37. The Bertz CT molecular complexity index is 1050. The van der Waals surface area contributed by atoms with E-state index in [0.29, 0.717) is 10.6 Å². The lowest BCUT2D eigenvalue weighted by Gasteiger charge is -2.16. The minimum atomic E-state index is -0.169. The molecular weight excluding hydrogens is 372 g/mol. The van der Waals surface area contributed by atoms with Crippen LogP contribution < -0.4 is 11.1 Å². The summed E-state index contributed by atoms with van der Waals surface area (Å²) in [6.07, 6.45) is 2.65. The van der Waals surface area contributed by atoms with E-state index in [1.54, 1.807) is 6.20 Å². The van der Waals surface area contributed by atoms with Gasteiger partial charge in [-0.25, -0.2) is 4.98 Å². The number of anilines is 1. The van der Waals surface area contributed by atoms with Crippen LogP contribution in [0.1, 0.15) is 22.3 Å². The number of nitrogen functional groups attached to an aromatic ring is 1. The first kappa shape index (κ1) is 18.7. The number of likely N-dealkylation sites (N-methyl/N-ethyl adjacent to an activating group) is 1. The summed E-state index contributed by atoms with van der Waals surface area (Å²) in [5.74, 6) is 0.0793. The van der Waals surface area contributed by atoms with Crippen molar-refractivity contribution >= 4 is 34.1 Å². The van der Waals surface area contributed by atoms with Crippen molar-refractivity contribution in [2.24, 2.45) is 0 Å². The minimum Gasteiger partial charge on any atom is -0.383 e. The number of amides is 1. The van der Waals surface area contributed by atoms with Gasteiger partial charge in [-0.3, -0.25) is 4.79 Å². The fourth-order valence-electron chi connectivity index (χ4n) is 3.94. The molecule has 3 aromatic rings. The summed E-state index contributed by atoms with van der Waals surface area (Å²) in [4.78, 5) is 19.4. The van der Waals surface area contributed by atoms with Gasteiger partial charge in [0.05, 0.1) is 5.56 Å². The van der Waals surface area contributed by atoms with E-state index in [4.69, 9.17) is 17.3 Å². The molecule has 6 heteroatoms. The van der Waals surface area contributed by atoms with Gasteiger partial charge in [0.2, 0.25) is 0 Å². The molecule has 144 valence electrons. The van der Waals surface area contributed by atoms with Gasteiger partial charge >= 0.3 is 0 Å². The Labute approximate surface area is 169 Å². The van der Waals surface area contributed by atoms with Gasteiger partial charge < -0.3 is 16.0 Å². The second kappa shape index (κ2) is 7.41. The highest BCUT2D eigenvalue weighted by Crippen LogP contribution is 2.34. The number of hydrogen-bond acceptors (Lipinski definition) is 4. The van der Waals surface area contributed by atoms with Crippen molar-refractivity contribution < 1.29 is 4.79 Å². The van der Waals surface area contributed by atoms with E-state index in [1.807, 2.05) is 43.3 Å². The number of rotatable bonds is 3. The summed E-state index contributed by atoms with van der Waals surface area (Å²) < 4.78 is 0. The first-order valence-electron chi connectivity index (χ1n) is 9.37. The molecule has 1 fully saturated rings. The molecule has 28 heavy (non-hydrogen) atoms. The zero-order chi connectivity index (χ0) is 19.8. The molecule has 1 saturated heterocycles. The van der Waals surface area contributed by atoms with Crippen LogP contribution in [-0.2, 0) is 0 Å². The molecule has 1 aliphatic heterocycles. The molecule has 0 saturated carbocycles. The molecule has 1 aromatic heterocycles. The van der Waals surface area contributed by atoms with Gasteiger partial charge in [0.1, 0.15) is 5.82 Å². The number of halogens is 1. The molecule has 0 spiro atoms. The van der Waals surface area contributed by atoms with E-state index in [2.05, 4.69) is 22.2 Å². The zero-order valence-electron chi connectivity index (χ0n) is 16.0. The molecule has 0 unspecified atom stereocenters. The summed E-state index contributed by atoms with van der Waals surface area (Å²) in [6.45, 7) is 3.86. The number of nitrogens with zero attached hydrogens (tertiary/aromatic N) is 2. The number of pyridine rings is 1. The van der Waals surface area contributed by atoms with E-state index in [9.17, 15) is 4.79 Å². The Hall–Kier alpha value is -2.63. The first-order valence-corrected chi connectivity index (χ1v) is 9.75. The molecule has 0 radical (unpaired) electrons. The molecule has 1 atom stereocenters. The van der Waals surface area contributed by atoms with Crippen LogP contribution in [0.4, 0.5) is 5.82 Å². The predicted molar refractivity (Wildman–Crippen MR) is 115 cm³/mol. The quantitative estimate of drug-likeness (QED) is 0.707. The number of nitrogens with two attached hydrogens (primary N) is 1. The van der Waals surface area contributed by atoms with Crippen LogP contribution in [0.25, 0.3) is 21.9 Å². The third-order valence-electron chi connectivity index (χ3n) is 5.38. The Morgan fingerprint density at radius 3 is 2.86 bits per heavy atom. The number of carbonyl (C=O) groups excluding carboxylic acids is 1. The number of nitrogens with one attached hydrogen (secondary N) is 1. The monoisotopic (exact) mass is 394 g/mol. The standard InChI is InChI=1S/C22H23ClN4O/c1-13-4-3-5-18(23)19(13)14-6-7-17-15(10-14)11-25-21(24)20(17)22(28)26-16-8-9-27(2)12-16/h3-7,10-11,16H,8-9,12H2,1-2H3,(H2,24,25)(H,26,28)/t16-/m1/s1. The predicted octanol–water partition coefficient (Wildman–Crippen LogP) is 3.88. The normalized spacial score (nSPS) is 17.2. The molecule has 2 aromatic carbocycles. The summed E-state index contributed by atoms with van der Waals surface area (Å²) >= 11 is 6.43. The van der Waals surface area contributed by atoms with Gasteiger partial charge in [0, 0.05) is 34.8 Å². The van der Waals surface area contributed by atoms with Crippen LogP contribution in [0.15, 0.2) is 42.6 Å². The van der Waals surface area contributed by atoms with Gasteiger partial charge in [-0.15, -0.1) is 0 Å². The van der Waals surface area contributed by atoms with Crippen LogP contribution in [0.5, 0.6) is 0 Å². The molecule has 2 heterocycles. The summed E-state index contributed by atoms with van der Waals surface area (Å²) in [5, 5.41) is 5.46. The molecule has 1 aliphatic rings. The van der Waals surface area contributed by atoms with E-state index < -0.39 is 0 Å². The van der Waals surface area contributed by atoms with Gasteiger partial charge in [0.25, 0.3) is 5.91 Å². The number of likely N-dealkylation sites (tertiary alicyclic amines) is 1. The van der Waals surface area contributed by atoms with Gasteiger partial charge in [-0.2, -0.15) is 0 Å². The number of aromatic nitrogens is 1. The summed E-state index contributed by atoms with van der Waals surface area (Å²) in [5.41, 5.74) is 9.60. The number of carbonyl (C=O) groups is 1. The Morgan fingerprint density at radius 2 is 2.14 bits per heavy atom. The molecule has 5 nitrogen and oxygen atoms in total. The van der Waals surface area contributed by atoms with Crippen LogP contribution >= 0.6 is 11.6 Å². The maximum Gasteiger partial charge on any atom is 0.255 e. The van der Waals surface area contributed by atoms with Crippen LogP contribution in [0, 0.1) is 6.92 Å². The smallest absolute Gasteiger partial charge is 0.255 e. The Kier molecular flexibility index (Phi) is 4.96. The average molecular weight is 395 g/mol. The number of benzene rings is 2. The lowest BCUT2D eigenvalue weighted by atomic mass is 9.96. The molecule has 1 amide bonds. The van der Waals surface area contributed by atoms with Crippen molar-refractivity contribution in [2.45, 2.75) is 19.4 Å². The number of aryl methyl sites for hydroxylation is 1. The van der Waals surface area contributed by atoms with Crippen LogP contribution in [0.2, 0.25) is 5.02 Å². The van der Waals surface area contributed by atoms with E-state index in [-0.39, 0.29) is 17.8 Å². The van der Waals surface area contributed by atoms with Gasteiger partial charge in [-0.05, 0) is 55.6 Å². The van der Waals surface area contributed by atoms with Crippen molar-refractivity contribution in [3.05, 3.63) is 58.7 Å². The Balaban J connectivity index is 1.74. The second-order valence-electron chi connectivity index (χ2n) is 7.47. The molecule has 0 aliphatic carbocycles. The minimum absolute atomic E-state index is 0.136. The number of fused-ring (bicyclic) bond motifs is 1. The maximum atomic E-state index is 12.9. The fourth-order valence-corrected chi connectivity index (χ4v) is 4.27. The highest BCUT2D eigenvalue weighted by molar-refractivity contribution is 6.33. The third-order valence-corrected chi connectivity index (χ3v) is 5.70. The topological polar surface area (TPSA) is 71.2 Å². The average Bonchev–Trinajstić information content (AvgIpc) is 3.06. The molecule has 3 N–H and O–H groups in total. The third kappa shape index (κ3) is 3.43. The van der Waals surface area contributed by atoms with Crippen LogP contribution in [0.3, 0.4) is 0 Å². The van der Waals surface area contributed by atoms with Crippen molar-refractivity contribution in [3.63, 3.8) is 0 Å². The first-order chi connectivity index (χ1) is 13.4. The van der Waals surface area contributed by atoms with E-state index >= 15 is 0 Å². The zero-order valence-corrected chi connectivity index (χ0v) is 16.8. The van der Waals surface area contributed by atoms with Gasteiger partial charge in [-0.1, -0.05) is 35.9 Å². The molecule has 4 rings (SSSR count). The van der Waals surface area contributed by atoms with Gasteiger partial charge in [0.15, 0.2) is 0 Å². The largest absolute Gasteiger partial charge is 0.383 e. The lowest BCUT2D eigenvalue weighted by molar-refractivity contribution is 0.0940. The fraction of sp³-hybridized carbons (Fsp3) is 0.273. The molecular formula is C22H23ClN4O. The van der Waals surface area contributed by atoms with Crippen molar-refractivity contribution in [1.82, 2.24) is 15.2 Å².